The molecule has 0 aromatic heterocycles. The van der Waals surface area contributed by atoms with Crippen molar-refractivity contribution in [3.05, 3.63) is 0 Å². The van der Waals surface area contributed by atoms with Gasteiger partial charge in [0.15, 0.2) is 9.84 Å². The lowest BCUT2D eigenvalue weighted by atomic mass is 9.89. The van der Waals surface area contributed by atoms with Crippen molar-refractivity contribution >= 4 is 9.84 Å². The number of nitrogens with zero attached hydrogens (tertiary/aromatic N) is 1. The average Bonchev–Trinajstić information content (AvgIpc) is 2.67. The zero-order chi connectivity index (χ0) is 11.6. The standard InChI is InChI=1S/C12H23NO2S/c1-16(14,15)12-7-8-13(10-12)9-11-5-3-2-4-6-11/h11-12H,2-10H2,1H3. The maximum absolute atomic E-state index is 11.4. The zero-order valence-corrected chi connectivity index (χ0v) is 11.0. The highest BCUT2D eigenvalue weighted by Crippen LogP contribution is 2.26. The van der Waals surface area contributed by atoms with Crippen LogP contribution in [0.4, 0.5) is 0 Å². The maximum atomic E-state index is 11.4. The van der Waals surface area contributed by atoms with Crippen LogP contribution < -0.4 is 0 Å². The highest BCUT2D eigenvalue weighted by molar-refractivity contribution is 7.91. The van der Waals surface area contributed by atoms with E-state index in [1.54, 1.807) is 0 Å². The van der Waals surface area contributed by atoms with Gasteiger partial charge in [-0.15, -0.1) is 0 Å². The van der Waals surface area contributed by atoms with Crippen molar-refractivity contribution in [1.82, 2.24) is 4.90 Å². The fourth-order valence-corrected chi connectivity index (χ4v) is 4.06. The smallest absolute Gasteiger partial charge is 0.151 e. The molecule has 1 saturated carbocycles. The van der Waals surface area contributed by atoms with Crippen LogP contribution in [-0.2, 0) is 9.84 Å². The average molecular weight is 245 g/mol. The van der Waals surface area contributed by atoms with Crippen molar-refractivity contribution < 1.29 is 8.42 Å². The molecular formula is C12H23NO2S. The molecular weight excluding hydrogens is 222 g/mol. The van der Waals surface area contributed by atoms with Crippen LogP contribution in [0.3, 0.4) is 0 Å². The summed E-state index contributed by atoms with van der Waals surface area (Å²) >= 11 is 0. The molecule has 0 bridgehead atoms. The second kappa shape index (κ2) is 5.05. The molecule has 0 N–H and O–H groups in total. The molecule has 2 fully saturated rings. The third-order valence-corrected chi connectivity index (χ3v) is 5.67. The summed E-state index contributed by atoms with van der Waals surface area (Å²) in [7, 11) is -2.82. The van der Waals surface area contributed by atoms with Gasteiger partial charge in [0.25, 0.3) is 0 Å². The minimum Gasteiger partial charge on any atom is -0.302 e. The van der Waals surface area contributed by atoms with Crippen molar-refractivity contribution in [1.29, 1.82) is 0 Å². The molecule has 3 nitrogen and oxygen atoms in total. The molecule has 1 aliphatic carbocycles. The van der Waals surface area contributed by atoms with Crippen LogP contribution in [0, 0.1) is 5.92 Å². The number of sulfone groups is 1. The van der Waals surface area contributed by atoms with E-state index in [9.17, 15) is 8.42 Å². The van der Waals surface area contributed by atoms with E-state index in [-0.39, 0.29) is 5.25 Å². The molecule has 0 aromatic carbocycles. The third-order valence-electron chi connectivity index (χ3n) is 4.08. The Labute approximate surface area is 99.1 Å². The molecule has 0 spiro atoms. The fraction of sp³-hybridized carbons (Fsp3) is 1.00. The molecule has 1 aliphatic heterocycles. The molecule has 1 saturated heterocycles. The van der Waals surface area contributed by atoms with Gasteiger partial charge in [-0.2, -0.15) is 0 Å². The number of likely N-dealkylation sites (tertiary alicyclic amines) is 1. The van der Waals surface area contributed by atoms with Gasteiger partial charge in [0, 0.05) is 19.3 Å². The number of rotatable bonds is 3. The van der Waals surface area contributed by atoms with Gasteiger partial charge in [-0.05, 0) is 31.7 Å². The predicted octanol–water partition coefficient (Wildman–Crippen LogP) is 1.69. The van der Waals surface area contributed by atoms with Crippen molar-refractivity contribution in [3.8, 4) is 0 Å². The Kier molecular flexibility index (Phi) is 3.90. The van der Waals surface area contributed by atoms with Crippen LogP contribution in [0.15, 0.2) is 0 Å². The highest BCUT2D eigenvalue weighted by Gasteiger charge is 2.31. The topological polar surface area (TPSA) is 37.4 Å². The van der Waals surface area contributed by atoms with E-state index in [0.29, 0.717) is 0 Å². The summed E-state index contributed by atoms with van der Waals surface area (Å²) in [6.45, 7) is 2.88. The highest BCUT2D eigenvalue weighted by atomic mass is 32.2. The Morgan fingerprint density at radius 1 is 1.12 bits per heavy atom. The minimum absolute atomic E-state index is 0.101. The zero-order valence-electron chi connectivity index (χ0n) is 10.2. The van der Waals surface area contributed by atoms with E-state index in [0.717, 1.165) is 32.0 Å². The molecule has 94 valence electrons. The predicted molar refractivity (Wildman–Crippen MR) is 66.3 cm³/mol. The van der Waals surface area contributed by atoms with Gasteiger partial charge in [-0.3, -0.25) is 0 Å². The summed E-state index contributed by atoms with van der Waals surface area (Å²) < 4.78 is 22.9. The van der Waals surface area contributed by atoms with E-state index in [2.05, 4.69) is 4.90 Å². The van der Waals surface area contributed by atoms with Gasteiger partial charge >= 0.3 is 0 Å². The lowest BCUT2D eigenvalue weighted by Gasteiger charge is -2.26. The summed E-state index contributed by atoms with van der Waals surface area (Å²) in [6.07, 6.45) is 9.04. The molecule has 0 radical (unpaired) electrons. The van der Waals surface area contributed by atoms with Crippen LogP contribution in [0.2, 0.25) is 0 Å². The Morgan fingerprint density at radius 2 is 1.81 bits per heavy atom. The Morgan fingerprint density at radius 3 is 2.38 bits per heavy atom. The van der Waals surface area contributed by atoms with Crippen LogP contribution >= 0.6 is 0 Å². The first-order valence-corrected chi connectivity index (χ1v) is 8.42. The van der Waals surface area contributed by atoms with E-state index in [1.165, 1.54) is 38.4 Å². The van der Waals surface area contributed by atoms with Crippen molar-refractivity contribution in [2.45, 2.75) is 43.8 Å². The van der Waals surface area contributed by atoms with Gasteiger partial charge in [0.1, 0.15) is 0 Å². The second-order valence-corrected chi connectivity index (χ2v) is 7.83. The first-order chi connectivity index (χ1) is 7.55. The Hall–Kier alpha value is -0.0900. The van der Waals surface area contributed by atoms with Crippen molar-refractivity contribution in [2.75, 3.05) is 25.9 Å². The van der Waals surface area contributed by atoms with Gasteiger partial charge in [-0.1, -0.05) is 19.3 Å². The lowest BCUT2D eigenvalue weighted by Crippen LogP contribution is -2.31. The van der Waals surface area contributed by atoms with E-state index in [4.69, 9.17) is 0 Å². The molecule has 1 unspecified atom stereocenters. The van der Waals surface area contributed by atoms with Crippen molar-refractivity contribution in [2.24, 2.45) is 5.92 Å². The summed E-state index contributed by atoms with van der Waals surface area (Å²) in [4.78, 5) is 2.36. The molecule has 1 atom stereocenters. The Bertz CT molecular complexity index is 320. The first-order valence-electron chi connectivity index (χ1n) is 6.47. The minimum atomic E-state index is -2.82. The van der Waals surface area contributed by atoms with Crippen molar-refractivity contribution in [3.63, 3.8) is 0 Å². The van der Waals surface area contributed by atoms with Gasteiger partial charge in [-0.25, -0.2) is 8.42 Å². The van der Waals surface area contributed by atoms with Crippen LogP contribution in [0.25, 0.3) is 0 Å². The van der Waals surface area contributed by atoms with Crippen LogP contribution in [-0.4, -0.2) is 44.5 Å². The first kappa shape index (κ1) is 12.4. The van der Waals surface area contributed by atoms with E-state index >= 15 is 0 Å². The van der Waals surface area contributed by atoms with E-state index in [1.807, 2.05) is 0 Å². The molecule has 0 amide bonds. The summed E-state index contributed by atoms with van der Waals surface area (Å²) in [6, 6.07) is 0. The number of hydrogen-bond donors (Lipinski definition) is 0. The summed E-state index contributed by atoms with van der Waals surface area (Å²) in [5.74, 6) is 0.826. The monoisotopic (exact) mass is 245 g/mol. The van der Waals surface area contributed by atoms with Gasteiger partial charge in [0.2, 0.25) is 0 Å². The fourth-order valence-electron chi connectivity index (χ4n) is 3.05. The summed E-state index contributed by atoms with van der Waals surface area (Å²) in [5, 5.41) is -0.101. The lowest BCUT2D eigenvalue weighted by molar-refractivity contribution is 0.234. The molecule has 16 heavy (non-hydrogen) atoms. The molecule has 2 aliphatic rings. The number of hydrogen-bond acceptors (Lipinski definition) is 3. The normalized spacial score (nSPS) is 29.7. The maximum Gasteiger partial charge on any atom is 0.151 e. The van der Waals surface area contributed by atoms with Gasteiger partial charge < -0.3 is 4.90 Å². The largest absolute Gasteiger partial charge is 0.302 e. The summed E-state index contributed by atoms with van der Waals surface area (Å²) in [5.41, 5.74) is 0. The van der Waals surface area contributed by atoms with E-state index < -0.39 is 9.84 Å². The molecule has 1 heterocycles. The molecule has 4 heteroatoms. The third kappa shape index (κ3) is 3.20. The molecule has 2 rings (SSSR count). The van der Waals surface area contributed by atoms with Gasteiger partial charge in [0.05, 0.1) is 5.25 Å². The Balaban J connectivity index is 1.80. The second-order valence-electron chi connectivity index (χ2n) is 5.50. The van der Waals surface area contributed by atoms with Crippen LogP contribution in [0.1, 0.15) is 38.5 Å². The molecule has 0 aromatic rings. The quantitative estimate of drug-likeness (QED) is 0.759. The SMILES string of the molecule is CS(=O)(=O)C1CCN(CC2CCCCC2)C1. The van der Waals surface area contributed by atoms with Crippen LogP contribution in [0.5, 0.6) is 0 Å².